The lowest BCUT2D eigenvalue weighted by molar-refractivity contribution is 0.0692. The average Bonchev–Trinajstić information content (AvgIpc) is 2.75. The fraction of sp³-hybridized carbons (Fsp3) is 0.500. The van der Waals surface area contributed by atoms with Crippen LogP contribution in [0.3, 0.4) is 0 Å². The second-order valence-corrected chi connectivity index (χ2v) is 4.98. The van der Waals surface area contributed by atoms with E-state index in [4.69, 9.17) is 10.2 Å². The summed E-state index contributed by atoms with van der Waals surface area (Å²) in [6.45, 7) is 1.32. The summed E-state index contributed by atoms with van der Waals surface area (Å²) in [6, 6.07) is -0.662. The van der Waals surface area contributed by atoms with Gasteiger partial charge < -0.3 is 10.2 Å². The normalized spacial score (nSPS) is 13.5. The van der Waals surface area contributed by atoms with E-state index >= 15 is 0 Å². The second kappa shape index (κ2) is 5.25. The third-order valence-corrected chi connectivity index (χ3v) is 3.63. The Kier molecular flexibility index (Phi) is 4.21. The Bertz CT molecular complexity index is 491. The van der Waals surface area contributed by atoms with Crippen molar-refractivity contribution in [1.82, 2.24) is 14.9 Å². The molecule has 9 heteroatoms. The minimum absolute atomic E-state index is 0.369. The van der Waals surface area contributed by atoms with Crippen molar-refractivity contribution in [2.75, 3.05) is 6.61 Å². The number of carbonyl (C=O) groups is 1. The van der Waals surface area contributed by atoms with Crippen LogP contribution in [0.1, 0.15) is 23.7 Å². The minimum atomic E-state index is -4.02. The zero-order chi connectivity index (χ0) is 13.1. The van der Waals surface area contributed by atoms with Crippen molar-refractivity contribution in [3.8, 4) is 0 Å². The van der Waals surface area contributed by atoms with Crippen molar-refractivity contribution in [3.05, 3.63) is 11.8 Å². The van der Waals surface area contributed by atoms with Crippen LogP contribution in [0.5, 0.6) is 0 Å². The lowest BCUT2D eigenvalue weighted by atomic mass is 10.3. The van der Waals surface area contributed by atoms with Gasteiger partial charge in [0.05, 0.1) is 12.8 Å². The van der Waals surface area contributed by atoms with Crippen LogP contribution in [0.4, 0.5) is 0 Å². The Morgan fingerprint density at radius 1 is 1.65 bits per heavy atom. The molecule has 0 bridgehead atoms. The van der Waals surface area contributed by atoms with Crippen LogP contribution >= 0.6 is 0 Å². The molecular weight excluding hydrogens is 250 g/mol. The highest BCUT2D eigenvalue weighted by Gasteiger charge is 2.26. The minimum Gasteiger partial charge on any atom is -0.478 e. The molecule has 1 rings (SSSR count). The highest BCUT2D eigenvalue weighted by molar-refractivity contribution is 7.89. The second-order valence-electron chi connectivity index (χ2n) is 3.33. The quantitative estimate of drug-likeness (QED) is 0.529. The van der Waals surface area contributed by atoms with Gasteiger partial charge in [0.2, 0.25) is 0 Å². The summed E-state index contributed by atoms with van der Waals surface area (Å²) >= 11 is 0. The number of aromatic amines is 1. The third-order valence-electron chi connectivity index (χ3n) is 2.14. The van der Waals surface area contributed by atoms with Crippen LogP contribution in [0.25, 0.3) is 0 Å². The van der Waals surface area contributed by atoms with E-state index < -0.39 is 32.6 Å². The maximum Gasteiger partial charge on any atom is 0.340 e. The molecule has 1 aromatic rings. The number of aromatic nitrogens is 2. The number of rotatable bonds is 6. The van der Waals surface area contributed by atoms with Gasteiger partial charge in [0, 0.05) is 6.04 Å². The predicted octanol–water partition coefficient (Wildman–Crippen LogP) is -0.843. The van der Waals surface area contributed by atoms with Crippen molar-refractivity contribution >= 4 is 16.0 Å². The van der Waals surface area contributed by atoms with E-state index in [0.29, 0.717) is 6.42 Å². The number of carboxylic acids is 1. The fourth-order valence-electron chi connectivity index (χ4n) is 1.16. The molecule has 17 heavy (non-hydrogen) atoms. The molecule has 0 saturated heterocycles. The van der Waals surface area contributed by atoms with Crippen molar-refractivity contribution in [1.29, 1.82) is 0 Å². The van der Waals surface area contributed by atoms with E-state index in [1.54, 1.807) is 6.92 Å². The summed E-state index contributed by atoms with van der Waals surface area (Å²) < 4.78 is 25.8. The molecule has 0 amide bonds. The molecule has 1 atom stereocenters. The van der Waals surface area contributed by atoms with Crippen LogP contribution in [0, 0.1) is 0 Å². The number of H-pyrrole nitrogens is 1. The Morgan fingerprint density at radius 2 is 2.29 bits per heavy atom. The topological polar surface area (TPSA) is 132 Å². The first-order chi connectivity index (χ1) is 7.92. The van der Waals surface area contributed by atoms with Crippen LogP contribution in [-0.2, 0) is 10.0 Å². The molecule has 0 aliphatic carbocycles. The van der Waals surface area contributed by atoms with E-state index in [1.165, 1.54) is 0 Å². The number of carboxylic acid groups (broad SMARTS) is 1. The highest BCUT2D eigenvalue weighted by atomic mass is 32.2. The maximum absolute atomic E-state index is 11.8. The van der Waals surface area contributed by atoms with E-state index in [0.717, 1.165) is 6.20 Å². The van der Waals surface area contributed by atoms with Crippen LogP contribution in [0.2, 0.25) is 0 Å². The standard InChI is InChI=1S/C8H13N3O5S/c1-2-5(4-12)11-17(15,16)7-6(8(13)14)3-9-10-7/h3,5,11-12H,2,4H2,1H3,(H,9,10)(H,13,14)/t5-/m0/s1. The average molecular weight is 263 g/mol. The molecule has 0 spiro atoms. The van der Waals surface area contributed by atoms with Gasteiger partial charge in [-0.3, -0.25) is 5.10 Å². The first-order valence-electron chi connectivity index (χ1n) is 4.82. The first kappa shape index (κ1) is 13.6. The number of aliphatic hydroxyl groups excluding tert-OH is 1. The SMILES string of the molecule is CC[C@@H](CO)NS(=O)(=O)c1[nH]ncc1C(=O)O. The largest absolute Gasteiger partial charge is 0.478 e. The summed E-state index contributed by atoms with van der Waals surface area (Å²) in [5.74, 6) is -1.39. The predicted molar refractivity (Wildman–Crippen MR) is 57.0 cm³/mol. The van der Waals surface area contributed by atoms with Crippen LogP contribution in [-0.4, -0.2) is 47.4 Å². The molecule has 0 aliphatic heterocycles. The molecule has 0 unspecified atom stereocenters. The molecule has 96 valence electrons. The lowest BCUT2D eigenvalue weighted by Gasteiger charge is -2.13. The molecule has 0 aliphatic rings. The number of aromatic carboxylic acids is 1. The van der Waals surface area contributed by atoms with Gasteiger partial charge in [-0.05, 0) is 6.42 Å². The summed E-state index contributed by atoms with van der Waals surface area (Å²) in [5, 5.41) is 22.6. The molecule has 4 N–H and O–H groups in total. The van der Waals surface area contributed by atoms with E-state index in [9.17, 15) is 13.2 Å². The van der Waals surface area contributed by atoms with Crippen molar-refractivity contribution in [2.24, 2.45) is 0 Å². The van der Waals surface area contributed by atoms with Gasteiger partial charge in [-0.1, -0.05) is 6.92 Å². The number of hydrogen-bond donors (Lipinski definition) is 4. The van der Waals surface area contributed by atoms with Gasteiger partial charge in [0.1, 0.15) is 5.56 Å². The monoisotopic (exact) mass is 263 g/mol. The molecular formula is C8H13N3O5S. The Morgan fingerprint density at radius 3 is 2.76 bits per heavy atom. The number of nitrogens with one attached hydrogen (secondary N) is 2. The Hall–Kier alpha value is -1.45. The highest BCUT2D eigenvalue weighted by Crippen LogP contribution is 2.12. The van der Waals surface area contributed by atoms with Crippen molar-refractivity contribution in [2.45, 2.75) is 24.4 Å². The Balaban J connectivity index is 3.05. The smallest absolute Gasteiger partial charge is 0.340 e. The van der Waals surface area contributed by atoms with Crippen molar-refractivity contribution < 1.29 is 23.4 Å². The van der Waals surface area contributed by atoms with E-state index in [-0.39, 0.29) is 6.61 Å². The number of sulfonamides is 1. The molecule has 1 aromatic heterocycles. The van der Waals surface area contributed by atoms with Gasteiger partial charge >= 0.3 is 5.97 Å². The summed E-state index contributed by atoms with van der Waals surface area (Å²) in [4.78, 5) is 10.8. The first-order valence-corrected chi connectivity index (χ1v) is 6.30. The Labute approximate surface area is 97.7 Å². The molecule has 1 heterocycles. The van der Waals surface area contributed by atoms with E-state index in [2.05, 4.69) is 14.9 Å². The fourth-order valence-corrected chi connectivity index (χ4v) is 2.56. The van der Waals surface area contributed by atoms with Crippen LogP contribution in [0.15, 0.2) is 11.2 Å². The molecule has 0 aromatic carbocycles. The maximum atomic E-state index is 11.8. The van der Waals surface area contributed by atoms with Gasteiger partial charge in [0.25, 0.3) is 10.0 Å². The zero-order valence-electron chi connectivity index (χ0n) is 9.04. The van der Waals surface area contributed by atoms with Gasteiger partial charge in [-0.15, -0.1) is 0 Å². The number of aliphatic hydroxyl groups is 1. The van der Waals surface area contributed by atoms with Crippen molar-refractivity contribution in [3.63, 3.8) is 0 Å². The summed E-state index contributed by atoms with van der Waals surface area (Å²) in [7, 11) is -4.02. The van der Waals surface area contributed by atoms with Gasteiger partial charge in [-0.25, -0.2) is 17.9 Å². The van der Waals surface area contributed by atoms with E-state index in [1.807, 2.05) is 0 Å². The van der Waals surface area contributed by atoms with Crippen LogP contribution < -0.4 is 4.72 Å². The van der Waals surface area contributed by atoms with Gasteiger partial charge in [-0.2, -0.15) is 5.10 Å². The molecule has 8 nitrogen and oxygen atoms in total. The molecule has 0 radical (unpaired) electrons. The number of nitrogens with zero attached hydrogens (tertiary/aromatic N) is 1. The molecule has 0 saturated carbocycles. The summed E-state index contributed by atoms with van der Waals surface area (Å²) in [5.41, 5.74) is -0.440. The number of hydrogen-bond acceptors (Lipinski definition) is 5. The summed E-state index contributed by atoms with van der Waals surface area (Å²) in [6.07, 6.45) is 1.29. The zero-order valence-corrected chi connectivity index (χ0v) is 9.86. The molecule has 0 fully saturated rings. The third kappa shape index (κ3) is 3.02. The lowest BCUT2D eigenvalue weighted by Crippen LogP contribution is -2.37. The van der Waals surface area contributed by atoms with Gasteiger partial charge in [0.15, 0.2) is 5.03 Å².